The Morgan fingerprint density at radius 1 is 1.05 bits per heavy atom. The summed E-state index contributed by atoms with van der Waals surface area (Å²) in [7, 11) is 0. The summed E-state index contributed by atoms with van der Waals surface area (Å²) in [5.41, 5.74) is 1.19. The molecule has 0 radical (unpaired) electrons. The predicted molar refractivity (Wildman–Crippen MR) is 86.4 cm³/mol. The maximum Gasteiger partial charge on any atom is 0.258 e. The van der Waals surface area contributed by atoms with Gasteiger partial charge in [-0.25, -0.2) is 0 Å². The standard InChI is InChI=1S/C16H10Cl2N2O2/c17-11-7-5-10(6-8-11)14-9-15(20-22-14)19-16(21)12-3-1-2-4-13(12)18/h1-9H,(H,19,20,21). The van der Waals surface area contributed by atoms with Crippen molar-refractivity contribution >= 4 is 34.9 Å². The van der Waals surface area contributed by atoms with Gasteiger partial charge in [0, 0.05) is 16.7 Å². The summed E-state index contributed by atoms with van der Waals surface area (Å²) in [6.07, 6.45) is 0. The second-order valence-corrected chi connectivity index (χ2v) is 5.36. The number of halogens is 2. The molecule has 0 aliphatic carbocycles. The van der Waals surface area contributed by atoms with Gasteiger partial charge in [0.25, 0.3) is 5.91 Å². The quantitative estimate of drug-likeness (QED) is 0.742. The molecule has 0 bridgehead atoms. The SMILES string of the molecule is O=C(Nc1cc(-c2ccc(Cl)cc2)on1)c1ccccc1Cl. The molecule has 0 unspecified atom stereocenters. The van der Waals surface area contributed by atoms with Crippen molar-refractivity contribution < 1.29 is 9.32 Å². The van der Waals surface area contributed by atoms with Crippen LogP contribution < -0.4 is 5.32 Å². The van der Waals surface area contributed by atoms with Gasteiger partial charge in [-0.3, -0.25) is 4.79 Å². The number of benzene rings is 2. The Kier molecular flexibility index (Phi) is 4.13. The van der Waals surface area contributed by atoms with Gasteiger partial charge in [0.2, 0.25) is 0 Å². The number of anilines is 1. The summed E-state index contributed by atoms with van der Waals surface area (Å²) in [6.45, 7) is 0. The number of nitrogens with one attached hydrogen (secondary N) is 1. The number of hydrogen-bond acceptors (Lipinski definition) is 3. The highest BCUT2D eigenvalue weighted by Crippen LogP contribution is 2.24. The average Bonchev–Trinajstić information content (AvgIpc) is 2.97. The molecule has 0 aliphatic heterocycles. The molecule has 0 atom stereocenters. The van der Waals surface area contributed by atoms with E-state index in [1.165, 1.54) is 0 Å². The van der Waals surface area contributed by atoms with Gasteiger partial charge in [0.1, 0.15) is 0 Å². The zero-order valence-corrected chi connectivity index (χ0v) is 12.7. The van der Waals surface area contributed by atoms with Gasteiger partial charge in [0.15, 0.2) is 11.6 Å². The van der Waals surface area contributed by atoms with Gasteiger partial charge in [0.05, 0.1) is 10.6 Å². The first kappa shape index (κ1) is 14.6. The van der Waals surface area contributed by atoms with E-state index in [0.717, 1.165) is 5.56 Å². The molecule has 0 saturated heterocycles. The first-order chi connectivity index (χ1) is 10.6. The van der Waals surface area contributed by atoms with Crippen LogP contribution in [0.4, 0.5) is 5.82 Å². The fourth-order valence-electron chi connectivity index (χ4n) is 1.91. The zero-order chi connectivity index (χ0) is 15.5. The zero-order valence-electron chi connectivity index (χ0n) is 11.2. The molecule has 3 rings (SSSR count). The molecular weight excluding hydrogens is 323 g/mol. The Labute approximate surface area is 136 Å². The lowest BCUT2D eigenvalue weighted by Crippen LogP contribution is -2.12. The van der Waals surface area contributed by atoms with Gasteiger partial charge < -0.3 is 9.84 Å². The number of hydrogen-bond donors (Lipinski definition) is 1. The number of aromatic nitrogens is 1. The lowest BCUT2D eigenvalue weighted by molar-refractivity contribution is 0.102. The largest absolute Gasteiger partial charge is 0.354 e. The van der Waals surface area contributed by atoms with Crippen LogP contribution in [0.1, 0.15) is 10.4 Å². The fourth-order valence-corrected chi connectivity index (χ4v) is 2.26. The van der Waals surface area contributed by atoms with Crippen molar-refractivity contribution in [2.24, 2.45) is 0 Å². The van der Waals surface area contributed by atoms with Crippen LogP contribution in [-0.2, 0) is 0 Å². The summed E-state index contributed by atoms with van der Waals surface area (Å²) in [5.74, 6) is 0.502. The highest BCUT2D eigenvalue weighted by Gasteiger charge is 2.13. The summed E-state index contributed by atoms with van der Waals surface area (Å²) in [6, 6.07) is 15.5. The maximum absolute atomic E-state index is 12.1. The van der Waals surface area contributed by atoms with Crippen LogP contribution in [-0.4, -0.2) is 11.1 Å². The third kappa shape index (κ3) is 3.13. The minimum atomic E-state index is -0.346. The van der Waals surface area contributed by atoms with E-state index in [2.05, 4.69) is 10.5 Å². The van der Waals surface area contributed by atoms with Gasteiger partial charge in [-0.2, -0.15) is 0 Å². The molecule has 0 fully saturated rings. The number of carbonyl (C=O) groups is 1. The van der Waals surface area contributed by atoms with Crippen molar-refractivity contribution in [3.8, 4) is 11.3 Å². The Balaban J connectivity index is 1.78. The topological polar surface area (TPSA) is 55.1 Å². The molecule has 1 heterocycles. The summed E-state index contributed by atoms with van der Waals surface area (Å²) < 4.78 is 5.22. The Hall–Kier alpha value is -2.30. The van der Waals surface area contributed by atoms with E-state index in [1.807, 2.05) is 12.1 Å². The van der Waals surface area contributed by atoms with Crippen molar-refractivity contribution in [1.29, 1.82) is 0 Å². The first-order valence-corrected chi connectivity index (χ1v) is 7.17. The number of amides is 1. The normalized spacial score (nSPS) is 10.5. The van der Waals surface area contributed by atoms with Crippen LogP contribution in [0, 0.1) is 0 Å². The number of carbonyl (C=O) groups excluding carboxylic acids is 1. The summed E-state index contributed by atoms with van der Waals surface area (Å²) >= 11 is 11.8. The lowest BCUT2D eigenvalue weighted by Gasteiger charge is -2.02. The smallest absolute Gasteiger partial charge is 0.258 e. The van der Waals surface area contributed by atoms with Gasteiger partial charge >= 0.3 is 0 Å². The molecule has 1 amide bonds. The van der Waals surface area contributed by atoms with E-state index in [1.54, 1.807) is 42.5 Å². The number of rotatable bonds is 3. The molecule has 110 valence electrons. The monoisotopic (exact) mass is 332 g/mol. The van der Waals surface area contributed by atoms with Crippen molar-refractivity contribution in [2.75, 3.05) is 5.32 Å². The molecule has 1 N–H and O–H groups in total. The van der Waals surface area contributed by atoms with E-state index in [4.69, 9.17) is 27.7 Å². The third-order valence-electron chi connectivity index (χ3n) is 3.00. The summed E-state index contributed by atoms with van der Waals surface area (Å²) in [5, 5.41) is 7.48. The van der Waals surface area contributed by atoms with Crippen LogP contribution in [0.25, 0.3) is 11.3 Å². The fraction of sp³-hybridized carbons (Fsp3) is 0. The molecule has 0 aliphatic rings. The molecule has 1 aromatic heterocycles. The van der Waals surface area contributed by atoms with E-state index in [0.29, 0.717) is 27.2 Å². The third-order valence-corrected chi connectivity index (χ3v) is 3.58. The second-order valence-electron chi connectivity index (χ2n) is 4.52. The van der Waals surface area contributed by atoms with Gasteiger partial charge in [-0.1, -0.05) is 40.5 Å². The molecule has 2 aromatic carbocycles. The minimum Gasteiger partial charge on any atom is -0.354 e. The minimum absolute atomic E-state index is 0.315. The van der Waals surface area contributed by atoms with Gasteiger partial charge in [-0.15, -0.1) is 0 Å². The van der Waals surface area contributed by atoms with E-state index in [9.17, 15) is 4.79 Å². The van der Waals surface area contributed by atoms with E-state index >= 15 is 0 Å². The van der Waals surface area contributed by atoms with Crippen molar-refractivity contribution in [3.05, 3.63) is 70.2 Å². The highest BCUT2D eigenvalue weighted by atomic mass is 35.5. The average molecular weight is 333 g/mol. The number of nitrogens with zero attached hydrogens (tertiary/aromatic N) is 1. The van der Waals surface area contributed by atoms with Crippen molar-refractivity contribution in [3.63, 3.8) is 0 Å². The predicted octanol–water partition coefficient (Wildman–Crippen LogP) is 4.90. The second kappa shape index (κ2) is 6.22. The van der Waals surface area contributed by atoms with Crippen LogP contribution in [0.15, 0.2) is 59.1 Å². The summed E-state index contributed by atoms with van der Waals surface area (Å²) in [4.78, 5) is 12.1. The van der Waals surface area contributed by atoms with Crippen molar-refractivity contribution in [2.45, 2.75) is 0 Å². The van der Waals surface area contributed by atoms with E-state index in [-0.39, 0.29) is 5.91 Å². The maximum atomic E-state index is 12.1. The highest BCUT2D eigenvalue weighted by molar-refractivity contribution is 6.34. The molecule has 4 nitrogen and oxygen atoms in total. The Bertz CT molecular complexity index is 813. The van der Waals surface area contributed by atoms with E-state index < -0.39 is 0 Å². The molecule has 22 heavy (non-hydrogen) atoms. The molecule has 3 aromatic rings. The lowest BCUT2D eigenvalue weighted by atomic mass is 10.2. The molecule has 0 spiro atoms. The Morgan fingerprint density at radius 3 is 2.50 bits per heavy atom. The van der Waals surface area contributed by atoms with Crippen LogP contribution >= 0.6 is 23.2 Å². The van der Waals surface area contributed by atoms with Crippen LogP contribution in [0.3, 0.4) is 0 Å². The van der Waals surface area contributed by atoms with Crippen LogP contribution in [0.2, 0.25) is 10.0 Å². The van der Waals surface area contributed by atoms with Crippen molar-refractivity contribution in [1.82, 2.24) is 5.16 Å². The molecule has 0 saturated carbocycles. The molecular formula is C16H10Cl2N2O2. The first-order valence-electron chi connectivity index (χ1n) is 6.42. The molecule has 6 heteroatoms. The Morgan fingerprint density at radius 2 is 1.77 bits per heavy atom. The van der Waals surface area contributed by atoms with Crippen LogP contribution in [0.5, 0.6) is 0 Å². The van der Waals surface area contributed by atoms with Gasteiger partial charge in [-0.05, 0) is 36.4 Å².